The van der Waals surface area contributed by atoms with Crippen LogP contribution in [0.25, 0.3) is 6.08 Å². The number of anilines is 1. The zero-order valence-electron chi connectivity index (χ0n) is 12.6. The SMILES string of the molecule is CN1CCOc2ccc(NC(=O)C=Cc3ccoc3)cc2C1=O. The molecule has 0 saturated carbocycles. The summed E-state index contributed by atoms with van der Waals surface area (Å²) in [6, 6.07) is 6.78. The van der Waals surface area contributed by atoms with Crippen LogP contribution >= 0.6 is 0 Å². The lowest BCUT2D eigenvalue weighted by atomic mass is 10.1. The number of nitrogens with zero attached hydrogens (tertiary/aromatic N) is 1. The third kappa shape index (κ3) is 3.42. The topological polar surface area (TPSA) is 71.8 Å². The fourth-order valence-corrected chi connectivity index (χ4v) is 2.23. The van der Waals surface area contributed by atoms with Crippen molar-refractivity contribution < 1.29 is 18.7 Å². The fourth-order valence-electron chi connectivity index (χ4n) is 2.23. The molecule has 0 bridgehead atoms. The number of rotatable bonds is 3. The standard InChI is InChI=1S/C17H16N2O4/c1-19-7-9-23-15-4-3-13(10-14(15)17(19)21)18-16(20)5-2-12-6-8-22-11-12/h2-6,8,10-11H,7,9H2,1H3,(H,18,20). The van der Waals surface area contributed by atoms with Gasteiger partial charge in [-0.2, -0.15) is 0 Å². The maximum absolute atomic E-state index is 12.3. The van der Waals surface area contributed by atoms with Crippen molar-refractivity contribution in [1.82, 2.24) is 4.90 Å². The van der Waals surface area contributed by atoms with Crippen LogP contribution in [0.1, 0.15) is 15.9 Å². The summed E-state index contributed by atoms with van der Waals surface area (Å²) in [6.07, 6.45) is 6.12. The van der Waals surface area contributed by atoms with Gasteiger partial charge in [0.15, 0.2) is 0 Å². The van der Waals surface area contributed by atoms with Gasteiger partial charge >= 0.3 is 0 Å². The lowest BCUT2D eigenvalue weighted by molar-refractivity contribution is -0.111. The van der Waals surface area contributed by atoms with Gasteiger partial charge in [0.2, 0.25) is 5.91 Å². The van der Waals surface area contributed by atoms with Crippen LogP contribution in [0.5, 0.6) is 5.75 Å². The predicted molar refractivity (Wildman–Crippen MR) is 85.3 cm³/mol. The molecule has 1 aromatic carbocycles. The summed E-state index contributed by atoms with van der Waals surface area (Å²) in [5, 5.41) is 2.73. The van der Waals surface area contributed by atoms with E-state index in [-0.39, 0.29) is 11.8 Å². The number of nitrogens with one attached hydrogen (secondary N) is 1. The van der Waals surface area contributed by atoms with Crippen LogP contribution in [0, 0.1) is 0 Å². The van der Waals surface area contributed by atoms with E-state index in [1.165, 1.54) is 18.6 Å². The Hall–Kier alpha value is -3.02. The summed E-state index contributed by atoms with van der Waals surface area (Å²) in [4.78, 5) is 25.8. The van der Waals surface area contributed by atoms with Crippen LogP contribution in [-0.4, -0.2) is 36.9 Å². The minimum absolute atomic E-state index is 0.123. The van der Waals surface area contributed by atoms with Crippen LogP contribution in [0.2, 0.25) is 0 Å². The number of amides is 2. The van der Waals surface area contributed by atoms with Gasteiger partial charge in [-0.3, -0.25) is 9.59 Å². The van der Waals surface area contributed by atoms with Crippen molar-refractivity contribution in [3.63, 3.8) is 0 Å². The number of hydrogen-bond acceptors (Lipinski definition) is 4. The summed E-state index contributed by atoms with van der Waals surface area (Å²) < 4.78 is 10.5. The third-order valence-corrected chi connectivity index (χ3v) is 3.48. The summed E-state index contributed by atoms with van der Waals surface area (Å²) in [6.45, 7) is 0.983. The molecule has 2 aromatic rings. The first-order valence-corrected chi connectivity index (χ1v) is 7.17. The number of carbonyl (C=O) groups is 2. The zero-order chi connectivity index (χ0) is 16.2. The monoisotopic (exact) mass is 312 g/mol. The van der Waals surface area contributed by atoms with Crippen molar-refractivity contribution >= 4 is 23.6 Å². The molecule has 2 heterocycles. The van der Waals surface area contributed by atoms with E-state index in [9.17, 15) is 9.59 Å². The lowest BCUT2D eigenvalue weighted by Crippen LogP contribution is -2.27. The molecule has 0 saturated heterocycles. The van der Waals surface area contributed by atoms with Crippen molar-refractivity contribution in [1.29, 1.82) is 0 Å². The molecular weight excluding hydrogens is 296 g/mol. The van der Waals surface area contributed by atoms with E-state index in [1.807, 2.05) is 0 Å². The third-order valence-electron chi connectivity index (χ3n) is 3.48. The van der Waals surface area contributed by atoms with Crippen molar-refractivity contribution in [2.45, 2.75) is 0 Å². The van der Waals surface area contributed by atoms with Gasteiger partial charge in [-0.25, -0.2) is 0 Å². The number of likely N-dealkylation sites (N-methyl/N-ethyl adjacent to an activating group) is 1. The molecule has 1 aromatic heterocycles. The maximum Gasteiger partial charge on any atom is 0.257 e. The fraction of sp³-hybridized carbons (Fsp3) is 0.176. The molecule has 0 aliphatic carbocycles. The average molecular weight is 312 g/mol. The van der Waals surface area contributed by atoms with Crippen LogP contribution in [-0.2, 0) is 4.79 Å². The molecule has 0 radical (unpaired) electrons. The van der Waals surface area contributed by atoms with E-state index in [2.05, 4.69) is 5.32 Å². The Kier molecular flexibility index (Phi) is 4.14. The minimum atomic E-state index is -0.290. The van der Waals surface area contributed by atoms with E-state index in [4.69, 9.17) is 9.15 Å². The van der Waals surface area contributed by atoms with Crippen molar-refractivity contribution in [2.24, 2.45) is 0 Å². The predicted octanol–water partition coefficient (Wildman–Crippen LogP) is 2.40. The summed E-state index contributed by atoms with van der Waals surface area (Å²) in [5.74, 6) is 0.121. The smallest absolute Gasteiger partial charge is 0.257 e. The molecule has 6 heteroatoms. The van der Waals surface area contributed by atoms with Gasteiger partial charge in [-0.1, -0.05) is 0 Å². The molecule has 6 nitrogen and oxygen atoms in total. The van der Waals surface area contributed by atoms with E-state index >= 15 is 0 Å². The van der Waals surface area contributed by atoms with Gasteiger partial charge in [0.25, 0.3) is 5.91 Å². The highest BCUT2D eigenvalue weighted by Crippen LogP contribution is 2.26. The molecule has 0 fully saturated rings. The number of benzene rings is 1. The van der Waals surface area contributed by atoms with E-state index in [0.29, 0.717) is 30.2 Å². The van der Waals surface area contributed by atoms with Gasteiger partial charge in [0, 0.05) is 24.4 Å². The first-order valence-electron chi connectivity index (χ1n) is 7.17. The molecule has 0 unspecified atom stereocenters. The maximum atomic E-state index is 12.3. The van der Waals surface area contributed by atoms with Gasteiger partial charge in [-0.05, 0) is 30.3 Å². The highest BCUT2D eigenvalue weighted by atomic mass is 16.5. The Morgan fingerprint density at radius 2 is 2.22 bits per heavy atom. The average Bonchev–Trinajstić information content (AvgIpc) is 3.02. The Morgan fingerprint density at radius 3 is 3.00 bits per heavy atom. The van der Waals surface area contributed by atoms with Gasteiger partial charge in [0.05, 0.1) is 24.6 Å². The van der Waals surface area contributed by atoms with Gasteiger partial charge < -0.3 is 19.4 Å². The second-order valence-corrected chi connectivity index (χ2v) is 5.17. The Bertz CT molecular complexity index is 750. The van der Waals surface area contributed by atoms with Gasteiger partial charge in [-0.15, -0.1) is 0 Å². The summed E-state index contributed by atoms with van der Waals surface area (Å²) in [5.41, 5.74) is 1.78. The highest BCUT2D eigenvalue weighted by Gasteiger charge is 2.21. The van der Waals surface area contributed by atoms with E-state index < -0.39 is 0 Å². The molecular formula is C17H16N2O4. The molecule has 1 aliphatic rings. The number of carbonyl (C=O) groups excluding carboxylic acids is 2. The molecule has 1 N–H and O–H groups in total. The van der Waals surface area contributed by atoms with Crippen molar-refractivity contribution in [2.75, 3.05) is 25.5 Å². The Labute approximate surface area is 133 Å². The molecule has 118 valence electrons. The first kappa shape index (κ1) is 14.9. The van der Waals surface area contributed by atoms with E-state index in [0.717, 1.165) is 5.56 Å². The van der Waals surface area contributed by atoms with Gasteiger partial charge in [0.1, 0.15) is 12.4 Å². The molecule has 2 amide bonds. The Balaban J connectivity index is 1.75. The second-order valence-electron chi connectivity index (χ2n) is 5.17. The number of furan rings is 1. The quantitative estimate of drug-likeness (QED) is 0.883. The van der Waals surface area contributed by atoms with Crippen LogP contribution in [0.3, 0.4) is 0 Å². The molecule has 3 rings (SSSR count). The zero-order valence-corrected chi connectivity index (χ0v) is 12.6. The lowest BCUT2D eigenvalue weighted by Gasteiger charge is -2.13. The molecule has 23 heavy (non-hydrogen) atoms. The van der Waals surface area contributed by atoms with E-state index in [1.54, 1.807) is 42.3 Å². The molecule has 1 aliphatic heterocycles. The van der Waals surface area contributed by atoms with Crippen LogP contribution < -0.4 is 10.1 Å². The number of hydrogen-bond donors (Lipinski definition) is 1. The molecule has 0 spiro atoms. The normalized spacial score (nSPS) is 14.3. The van der Waals surface area contributed by atoms with Crippen molar-refractivity contribution in [3.8, 4) is 5.75 Å². The van der Waals surface area contributed by atoms with Crippen molar-refractivity contribution in [3.05, 3.63) is 54.0 Å². The van der Waals surface area contributed by atoms with Crippen LogP contribution in [0.15, 0.2) is 47.3 Å². The largest absolute Gasteiger partial charge is 0.491 e. The number of fused-ring (bicyclic) bond motifs is 1. The van der Waals surface area contributed by atoms with Crippen LogP contribution in [0.4, 0.5) is 5.69 Å². The second kappa shape index (κ2) is 6.39. The first-order chi connectivity index (χ1) is 11.1. The minimum Gasteiger partial charge on any atom is -0.491 e. The summed E-state index contributed by atoms with van der Waals surface area (Å²) in [7, 11) is 1.72. The molecule has 0 atom stereocenters. The Morgan fingerprint density at radius 1 is 1.35 bits per heavy atom. The highest BCUT2D eigenvalue weighted by molar-refractivity contribution is 6.03. The summed E-state index contributed by atoms with van der Waals surface area (Å²) >= 11 is 0. The number of ether oxygens (including phenoxy) is 1.